The van der Waals surface area contributed by atoms with Crippen LogP contribution in [-0.4, -0.2) is 33.7 Å². The first kappa shape index (κ1) is 17.7. The Bertz CT molecular complexity index is 520. The van der Waals surface area contributed by atoms with Crippen LogP contribution >= 0.6 is 0 Å². The SMILES string of the molecule is Cc1nccc(CNC2CCC(NC(=O)OC(C)(C)C)CC2)n1. The summed E-state index contributed by atoms with van der Waals surface area (Å²) in [4.78, 5) is 20.3. The van der Waals surface area contributed by atoms with E-state index in [9.17, 15) is 4.79 Å². The summed E-state index contributed by atoms with van der Waals surface area (Å²) in [6, 6.07) is 2.63. The molecule has 1 heterocycles. The molecule has 1 fully saturated rings. The third kappa shape index (κ3) is 6.52. The van der Waals surface area contributed by atoms with Crippen molar-refractivity contribution in [2.45, 2.75) is 77.6 Å². The normalized spacial score (nSPS) is 21.7. The minimum Gasteiger partial charge on any atom is -0.444 e. The molecule has 0 atom stereocenters. The lowest BCUT2D eigenvalue weighted by Gasteiger charge is -2.30. The van der Waals surface area contributed by atoms with Gasteiger partial charge in [-0.3, -0.25) is 0 Å². The van der Waals surface area contributed by atoms with E-state index in [1.165, 1.54) is 0 Å². The highest BCUT2D eigenvalue weighted by atomic mass is 16.6. The standard InChI is InChI=1S/C17H28N4O2/c1-12-18-10-9-15(20-12)11-19-13-5-7-14(8-6-13)21-16(22)23-17(2,3)4/h9-10,13-14,19H,5-8,11H2,1-4H3,(H,21,22). The Kier molecular flexibility index (Phi) is 5.93. The van der Waals surface area contributed by atoms with Crippen molar-refractivity contribution in [3.8, 4) is 0 Å². The van der Waals surface area contributed by atoms with E-state index in [1.54, 1.807) is 6.20 Å². The van der Waals surface area contributed by atoms with Crippen molar-refractivity contribution in [2.24, 2.45) is 0 Å². The van der Waals surface area contributed by atoms with Gasteiger partial charge in [0.2, 0.25) is 0 Å². The van der Waals surface area contributed by atoms with Gasteiger partial charge in [0.25, 0.3) is 0 Å². The molecule has 6 heteroatoms. The van der Waals surface area contributed by atoms with Crippen LogP contribution < -0.4 is 10.6 Å². The fourth-order valence-corrected chi connectivity index (χ4v) is 2.77. The molecule has 1 aromatic heterocycles. The van der Waals surface area contributed by atoms with Crippen molar-refractivity contribution in [1.29, 1.82) is 0 Å². The lowest BCUT2D eigenvalue weighted by atomic mass is 9.91. The Morgan fingerprint density at radius 3 is 2.52 bits per heavy atom. The first-order chi connectivity index (χ1) is 10.8. The van der Waals surface area contributed by atoms with Crippen LogP contribution in [0.5, 0.6) is 0 Å². The van der Waals surface area contributed by atoms with E-state index in [4.69, 9.17) is 4.74 Å². The molecule has 0 bridgehead atoms. The molecule has 23 heavy (non-hydrogen) atoms. The fraction of sp³-hybridized carbons (Fsp3) is 0.706. The Morgan fingerprint density at radius 2 is 1.91 bits per heavy atom. The van der Waals surface area contributed by atoms with Gasteiger partial charge in [-0.1, -0.05) is 0 Å². The lowest BCUT2D eigenvalue weighted by molar-refractivity contribution is 0.0489. The summed E-state index contributed by atoms with van der Waals surface area (Å²) in [6.07, 6.45) is 5.51. The van der Waals surface area contributed by atoms with Crippen molar-refractivity contribution in [1.82, 2.24) is 20.6 Å². The molecule has 0 unspecified atom stereocenters. The molecule has 6 nitrogen and oxygen atoms in total. The Labute approximate surface area is 138 Å². The second-order valence-corrected chi connectivity index (χ2v) is 7.17. The lowest BCUT2D eigenvalue weighted by Crippen LogP contribution is -2.43. The van der Waals surface area contributed by atoms with Crippen molar-refractivity contribution >= 4 is 6.09 Å². The van der Waals surface area contributed by atoms with Gasteiger partial charge in [0.1, 0.15) is 11.4 Å². The predicted molar refractivity (Wildman–Crippen MR) is 89.0 cm³/mol. The zero-order valence-corrected chi connectivity index (χ0v) is 14.6. The van der Waals surface area contributed by atoms with E-state index in [2.05, 4.69) is 20.6 Å². The minimum absolute atomic E-state index is 0.212. The summed E-state index contributed by atoms with van der Waals surface area (Å²) < 4.78 is 5.30. The highest BCUT2D eigenvalue weighted by molar-refractivity contribution is 5.68. The number of hydrogen-bond acceptors (Lipinski definition) is 5. The molecular formula is C17H28N4O2. The van der Waals surface area contributed by atoms with Crippen molar-refractivity contribution in [3.63, 3.8) is 0 Å². The predicted octanol–water partition coefficient (Wildman–Crippen LogP) is 2.71. The zero-order valence-electron chi connectivity index (χ0n) is 14.6. The first-order valence-electron chi connectivity index (χ1n) is 8.33. The van der Waals surface area contributed by atoms with Crippen LogP contribution in [0.3, 0.4) is 0 Å². The number of ether oxygens (including phenoxy) is 1. The van der Waals surface area contributed by atoms with Gasteiger partial charge < -0.3 is 15.4 Å². The van der Waals surface area contributed by atoms with E-state index in [1.807, 2.05) is 33.8 Å². The van der Waals surface area contributed by atoms with Gasteiger partial charge in [-0.2, -0.15) is 0 Å². The minimum atomic E-state index is -0.446. The number of rotatable bonds is 4. The van der Waals surface area contributed by atoms with Crippen LogP contribution in [-0.2, 0) is 11.3 Å². The summed E-state index contributed by atoms with van der Waals surface area (Å²) in [5, 5.41) is 6.51. The molecular weight excluding hydrogens is 292 g/mol. The molecule has 128 valence electrons. The van der Waals surface area contributed by atoms with Crippen LogP contribution in [0, 0.1) is 6.92 Å². The number of hydrogen-bond donors (Lipinski definition) is 2. The van der Waals surface area contributed by atoms with E-state index in [0.29, 0.717) is 6.04 Å². The Morgan fingerprint density at radius 1 is 1.26 bits per heavy atom. The molecule has 1 aromatic rings. The average molecular weight is 320 g/mol. The highest BCUT2D eigenvalue weighted by Crippen LogP contribution is 2.19. The molecule has 0 spiro atoms. The van der Waals surface area contributed by atoms with Crippen LogP contribution in [0.4, 0.5) is 4.79 Å². The van der Waals surface area contributed by atoms with Gasteiger partial charge >= 0.3 is 6.09 Å². The third-order valence-electron chi connectivity index (χ3n) is 3.85. The molecule has 1 aliphatic rings. The quantitative estimate of drug-likeness (QED) is 0.892. The van der Waals surface area contributed by atoms with Crippen LogP contribution in [0.2, 0.25) is 0 Å². The summed E-state index contributed by atoms with van der Waals surface area (Å²) in [5.41, 5.74) is 0.574. The molecule has 0 aromatic carbocycles. The second-order valence-electron chi connectivity index (χ2n) is 7.17. The molecule has 0 radical (unpaired) electrons. The number of alkyl carbamates (subject to hydrolysis) is 1. The fourth-order valence-electron chi connectivity index (χ4n) is 2.77. The van der Waals surface area contributed by atoms with Gasteiger partial charge in [-0.05, 0) is 59.4 Å². The summed E-state index contributed by atoms with van der Waals surface area (Å²) in [7, 11) is 0. The molecule has 1 saturated carbocycles. The van der Waals surface area contributed by atoms with E-state index < -0.39 is 5.60 Å². The van der Waals surface area contributed by atoms with Crippen molar-refractivity contribution in [2.75, 3.05) is 0 Å². The molecule has 2 rings (SSSR count). The van der Waals surface area contributed by atoms with Gasteiger partial charge in [-0.15, -0.1) is 0 Å². The largest absolute Gasteiger partial charge is 0.444 e. The Balaban J connectivity index is 1.69. The zero-order chi connectivity index (χ0) is 16.9. The maximum Gasteiger partial charge on any atom is 0.407 e. The number of nitrogens with zero attached hydrogens (tertiary/aromatic N) is 2. The van der Waals surface area contributed by atoms with Gasteiger partial charge in [0.15, 0.2) is 0 Å². The number of carbonyl (C=O) groups is 1. The molecule has 1 amide bonds. The Hall–Kier alpha value is -1.69. The van der Waals surface area contributed by atoms with Crippen LogP contribution in [0.1, 0.15) is 58.0 Å². The molecule has 0 aliphatic heterocycles. The summed E-state index contributed by atoms with van der Waals surface area (Å²) >= 11 is 0. The summed E-state index contributed by atoms with van der Waals surface area (Å²) in [5.74, 6) is 0.801. The van der Waals surface area contributed by atoms with Crippen molar-refractivity contribution in [3.05, 3.63) is 23.8 Å². The summed E-state index contributed by atoms with van der Waals surface area (Å²) in [6.45, 7) is 8.29. The smallest absolute Gasteiger partial charge is 0.407 e. The number of amides is 1. The van der Waals surface area contributed by atoms with E-state index in [0.717, 1.165) is 43.7 Å². The van der Waals surface area contributed by atoms with Crippen LogP contribution in [0.15, 0.2) is 12.3 Å². The second kappa shape index (κ2) is 7.73. The van der Waals surface area contributed by atoms with Gasteiger partial charge in [-0.25, -0.2) is 14.8 Å². The van der Waals surface area contributed by atoms with Gasteiger partial charge in [0.05, 0.1) is 5.69 Å². The number of carbonyl (C=O) groups excluding carboxylic acids is 1. The van der Waals surface area contributed by atoms with Gasteiger partial charge in [0, 0.05) is 24.8 Å². The topological polar surface area (TPSA) is 76.1 Å². The van der Waals surface area contributed by atoms with E-state index in [-0.39, 0.29) is 12.1 Å². The molecule has 0 saturated heterocycles. The highest BCUT2D eigenvalue weighted by Gasteiger charge is 2.24. The molecule has 2 N–H and O–H groups in total. The van der Waals surface area contributed by atoms with E-state index >= 15 is 0 Å². The molecule has 1 aliphatic carbocycles. The number of nitrogens with one attached hydrogen (secondary N) is 2. The maximum atomic E-state index is 11.8. The maximum absolute atomic E-state index is 11.8. The van der Waals surface area contributed by atoms with Crippen molar-refractivity contribution < 1.29 is 9.53 Å². The van der Waals surface area contributed by atoms with Crippen LogP contribution in [0.25, 0.3) is 0 Å². The number of aromatic nitrogens is 2. The monoisotopic (exact) mass is 320 g/mol. The third-order valence-corrected chi connectivity index (χ3v) is 3.85. The average Bonchev–Trinajstić information content (AvgIpc) is 2.44. The number of aryl methyl sites for hydroxylation is 1. The first-order valence-corrected chi connectivity index (χ1v) is 8.33.